The summed E-state index contributed by atoms with van der Waals surface area (Å²) in [5.74, 6) is 0.982. The van der Waals surface area contributed by atoms with E-state index in [1.807, 2.05) is 25.3 Å². The highest BCUT2D eigenvalue weighted by molar-refractivity contribution is 7.14. The summed E-state index contributed by atoms with van der Waals surface area (Å²) in [5, 5.41) is 6.86. The number of piperazine rings is 1. The van der Waals surface area contributed by atoms with Gasteiger partial charge in [0.05, 0.1) is 11.6 Å². The molecule has 5 nitrogen and oxygen atoms in total. The molecule has 2 rings (SSSR count). The highest BCUT2D eigenvalue weighted by atomic mass is 32.1. The van der Waals surface area contributed by atoms with Gasteiger partial charge in [0.25, 0.3) is 0 Å². The van der Waals surface area contributed by atoms with E-state index in [1.165, 1.54) is 5.00 Å². The second-order valence-electron chi connectivity index (χ2n) is 4.60. The number of guanidine groups is 1. The summed E-state index contributed by atoms with van der Waals surface area (Å²) in [7, 11) is 1.84. The van der Waals surface area contributed by atoms with E-state index >= 15 is 0 Å². The second-order valence-corrected chi connectivity index (χ2v) is 5.52. The topological polar surface area (TPSA) is 40.1 Å². The zero-order valence-corrected chi connectivity index (χ0v) is 13.2. The van der Waals surface area contributed by atoms with Crippen LogP contribution >= 0.6 is 11.3 Å². The number of anilines is 1. The van der Waals surface area contributed by atoms with Gasteiger partial charge in [0.15, 0.2) is 5.96 Å². The third-order valence-corrected chi connectivity index (χ3v) is 4.27. The van der Waals surface area contributed by atoms with E-state index in [0.29, 0.717) is 0 Å². The summed E-state index contributed by atoms with van der Waals surface area (Å²) in [5.41, 5.74) is 0. The van der Waals surface area contributed by atoms with E-state index < -0.39 is 0 Å². The van der Waals surface area contributed by atoms with Gasteiger partial charge in [-0.3, -0.25) is 4.99 Å². The van der Waals surface area contributed by atoms with E-state index in [2.05, 4.69) is 37.6 Å². The molecule has 1 saturated heterocycles. The lowest BCUT2D eigenvalue weighted by Crippen LogP contribution is -2.52. The molecule has 1 N–H and O–H groups in total. The molecule has 0 unspecified atom stereocenters. The standard InChI is InChI=1S/C14H24N4OS/c1-3-19-11-6-16-14(15-2)18-9-7-17(8-10-18)13-5-4-12-20-13/h4-5,12H,3,6-11H2,1-2H3,(H,15,16). The van der Waals surface area contributed by atoms with Crippen molar-refractivity contribution in [3.8, 4) is 0 Å². The van der Waals surface area contributed by atoms with Gasteiger partial charge in [-0.2, -0.15) is 0 Å². The maximum absolute atomic E-state index is 5.34. The average molecular weight is 296 g/mol. The maximum atomic E-state index is 5.34. The van der Waals surface area contributed by atoms with Gasteiger partial charge in [-0.15, -0.1) is 11.3 Å². The fraction of sp³-hybridized carbons (Fsp3) is 0.643. The fourth-order valence-corrected chi connectivity index (χ4v) is 3.09. The Labute approximate surface area is 125 Å². The first kappa shape index (κ1) is 15.1. The SMILES string of the molecule is CCOCCNC(=NC)N1CCN(c2cccs2)CC1. The summed E-state index contributed by atoms with van der Waals surface area (Å²) >= 11 is 1.81. The maximum Gasteiger partial charge on any atom is 0.193 e. The molecule has 0 amide bonds. The molecule has 20 heavy (non-hydrogen) atoms. The number of hydrogen-bond donors (Lipinski definition) is 1. The number of thiophene rings is 1. The van der Waals surface area contributed by atoms with Crippen molar-refractivity contribution in [2.45, 2.75) is 6.92 Å². The van der Waals surface area contributed by atoms with E-state index in [0.717, 1.165) is 51.9 Å². The van der Waals surface area contributed by atoms with E-state index in [-0.39, 0.29) is 0 Å². The van der Waals surface area contributed by atoms with Crippen LogP contribution in [0.25, 0.3) is 0 Å². The molecule has 0 bridgehead atoms. The Kier molecular flexibility index (Phi) is 6.14. The number of rotatable bonds is 5. The van der Waals surface area contributed by atoms with Crippen molar-refractivity contribution in [2.75, 3.05) is 57.9 Å². The zero-order chi connectivity index (χ0) is 14.2. The molecule has 1 fully saturated rings. The van der Waals surface area contributed by atoms with Gasteiger partial charge in [0.2, 0.25) is 0 Å². The van der Waals surface area contributed by atoms with Gasteiger partial charge in [0.1, 0.15) is 0 Å². The van der Waals surface area contributed by atoms with Gasteiger partial charge < -0.3 is 19.9 Å². The Morgan fingerprint density at radius 1 is 1.40 bits per heavy atom. The van der Waals surface area contributed by atoms with Gasteiger partial charge in [-0.05, 0) is 24.4 Å². The van der Waals surface area contributed by atoms with Crippen molar-refractivity contribution in [3.63, 3.8) is 0 Å². The number of ether oxygens (including phenoxy) is 1. The Hall–Kier alpha value is -1.27. The van der Waals surface area contributed by atoms with Crippen molar-refractivity contribution in [3.05, 3.63) is 17.5 Å². The monoisotopic (exact) mass is 296 g/mol. The molecule has 1 aliphatic rings. The molecule has 1 aliphatic heterocycles. The first-order valence-corrected chi connectivity index (χ1v) is 8.05. The number of aliphatic imine (C=N–C) groups is 1. The van der Waals surface area contributed by atoms with Crippen molar-refractivity contribution < 1.29 is 4.74 Å². The van der Waals surface area contributed by atoms with E-state index in [4.69, 9.17) is 4.74 Å². The summed E-state index contributed by atoms with van der Waals surface area (Å²) in [6.45, 7) is 8.42. The molecule has 6 heteroatoms. The number of hydrogen-bond acceptors (Lipinski definition) is 4. The first-order valence-electron chi connectivity index (χ1n) is 7.17. The molecule has 112 valence electrons. The Morgan fingerprint density at radius 2 is 2.20 bits per heavy atom. The number of nitrogens with zero attached hydrogens (tertiary/aromatic N) is 3. The van der Waals surface area contributed by atoms with Crippen LogP contribution in [0, 0.1) is 0 Å². The van der Waals surface area contributed by atoms with Crippen LogP contribution in [0.5, 0.6) is 0 Å². The minimum Gasteiger partial charge on any atom is -0.380 e. The highest BCUT2D eigenvalue weighted by Crippen LogP contribution is 2.22. The molecule has 0 saturated carbocycles. The van der Waals surface area contributed by atoms with Crippen LogP contribution in [0.3, 0.4) is 0 Å². The molecular weight excluding hydrogens is 272 g/mol. The van der Waals surface area contributed by atoms with E-state index in [9.17, 15) is 0 Å². The molecular formula is C14H24N4OS. The van der Waals surface area contributed by atoms with Crippen molar-refractivity contribution >= 4 is 22.3 Å². The predicted molar refractivity (Wildman–Crippen MR) is 86.0 cm³/mol. The molecule has 1 aromatic rings. The predicted octanol–water partition coefficient (Wildman–Crippen LogP) is 1.48. The smallest absolute Gasteiger partial charge is 0.193 e. The van der Waals surface area contributed by atoms with Crippen LogP contribution in [0.2, 0.25) is 0 Å². The largest absolute Gasteiger partial charge is 0.380 e. The summed E-state index contributed by atoms with van der Waals surface area (Å²) in [4.78, 5) is 9.11. The summed E-state index contributed by atoms with van der Waals surface area (Å²) in [6.07, 6.45) is 0. The van der Waals surface area contributed by atoms with Crippen LogP contribution in [0.15, 0.2) is 22.5 Å². The second kappa shape index (κ2) is 8.11. The third kappa shape index (κ3) is 4.11. The summed E-state index contributed by atoms with van der Waals surface area (Å²) in [6, 6.07) is 4.30. The van der Waals surface area contributed by atoms with Crippen LogP contribution in [-0.4, -0.2) is 63.8 Å². The molecule has 2 heterocycles. The Morgan fingerprint density at radius 3 is 2.80 bits per heavy atom. The van der Waals surface area contributed by atoms with Gasteiger partial charge in [0, 0.05) is 46.4 Å². The zero-order valence-electron chi connectivity index (χ0n) is 12.3. The molecule has 0 radical (unpaired) electrons. The minimum atomic E-state index is 0.727. The van der Waals surface area contributed by atoms with Crippen molar-refractivity contribution in [1.29, 1.82) is 0 Å². The normalized spacial score (nSPS) is 16.6. The third-order valence-electron chi connectivity index (χ3n) is 3.34. The number of nitrogens with one attached hydrogen (secondary N) is 1. The Bertz CT molecular complexity index is 399. The van der Waals surface area contributed by atoms with Gasteiger partial charge >= 0.3 is 0 Å². The van der Waals surface area contributed by atoms with Crippen LogP contribution in [0.4, 0.5) is 5.00 Å². The fourth-order valence-electron chi connectivity index (χ4n) is 2.30. The quantitative estimate of drug-likeness (QED) is 0.508. The van der Waals surface area contributed by atoms with E-state index in [1.54, 1.807) is 0 Å². The van der Waals surface area contributed by atoms with Crippen LogP contribution in [-0.2, 0) is 4.74 Å². The molecule has 0 aliphatic carbocycles. The molecule has 1 aromatic heterocycles. The lowest BCUT2D eigenvalue weighted by molar-refractivity contribution is 0.151. The highest BCUT2D eigenvalue weighted by Gasteiger charge is 2.19. The van der Waals surface area contributed by atoms with Crippen molar-refractivity contribution in [1.82, 2.24) is 10.2 Å². The lowest BCUT2D eigenvalue weighted by Gasteiger charge is -2.37. The average Bonchev–Trinajstić information content (AvgIpc) is 3.02. The van der Waals surface area contributed by atoms with Gasteiger partial charge in [-0.1, -0.05) is 0 Å². The Balaban J connectivity index is 1.76. The van der Waals surface area contributed by atoms with Crippen LogP contribution in [0.1, 0.15) is 6.92 Å². The molecule has 0 atom stereocenters. The van der Waals surface area contributed by atoms with Crippen LogP contribution < -0.4 is 10.2 Å². The van der Waals surface area contributed by atoms with Crippen molar-refractivity contribution in [2.24, 2.45) is 4.99 Å². The van der Waals surface area contributed by atoms with Gasteiger partial charge in [-0.25, -0.2) is 0 Å². The molecule has 0 spiro atoms. The minimum absolute atomic E-state index is 0.727. The summed E-state index contributed by atoms with van der Waals surface area (Å²) < 4.78 is 5.34. The first-order chi connectivity index (χ1) is 9.85. The molecule has 0 aromatic carbocycles. The lowest BCUT2D eigenvalue weighted by atomic mass is 10.3.